The summed E-state index contributed by atoms with van der Waals surface area (Å²) in [6.45, 7) is 0.312. The maximum Gasteiger partial charge on any atom is 0.331 e. The Balaban J connectivity index is 2.10. The Labute approximate surface area is 123 Å². The van der Waals surface area contributed by atoms with Crippen LogP contribution in [0.15, 0.2) is 35.2 Å². The lowest BCUT2D eigenvalue weighted by molar-refractivity contribution is -0.146. The third-order valence-electron chi connectivity index (χ3n) is 2.32. The Kier molecular flexibility index (Phi) is 7.91. The van der Waals surface area contributed by atoms with Gasteiger partial charge in [-0.25, -0.2) is 4.79 Å². The molecule has 1 aromatic carbocycles. The zero-order valence-electron chi connectivity index (χ0n) is 11.7. The molecule has 0 amide bonds. The van der Waals surface area contributed by atoms with Gasteiger partial charge in [-0.15, -0.1) is 0 Å². The summed E-state index contributed by atoms with van der Waals surface area (Å²) in [6.07, 6.45) is 0. The summed E-state index contributed by atoms with van der Waals surface area (Å²) in [5.74, 6) is -0.465. The van der Waals surface area contributed by atoms with Crippen LogP contribution in [0.3, 0.4) is 0 Å². The SMILES string of the molecule is COC(=O)COCCOCCOS(=O)(=O)c1ccccc1. The summed E-state index contributed by atoms with van der Waals surface area (Å²) >= 11 is 0. The number of benzene rings is 1. The van der Waals surface area contributed by atoms with Crippen molar-refractivity contribution >= 4 is 16.1 Å². The van der Waals surface area contributed by atoms with Gasteiger partial charge in [0.05, 0.1) is 38.4 Å². The number of carbonyl (C=O) groups is 1. The van der Waals surface area contributed by atoms with Gasteiger partial charge in [0.15, 0.2) is 0 Å². The van der Waals surface area contributed by atoms with E-state index in [0.717, 1.165) is 0 Å². The molecule has 0 unspecified atom stereocenters. The smallest absolute Gasteiger partial charge is 0.331 e. The highest BCUT2D eigenvalue weighted by atomic mass is 32.2. The molecule has 0 fully saturated rings. The molecule has 21 heavy (non-hydrogen) atoms. The number of methoxy groups -OCH3 is 1. The Morgan fingerprint density at radius 2 is 1.62 bits per heavy atom. The first-order chi connectivity index (χ1) is 10.1. The fourth-order valence-corrected chi connectivity index (χ4v) is 2.21. The van der Waals surface area contributed by atoms with Crippen LogP contribution < -0.4 is 0 Å². The normalized spacial score (nSPS) is 11.3. The van der Waals surface area contributed by atoms with Crippen LogP contribution in [-0.2, 0) is 33.3 Å². The van der Waals surface area contributed by atoms with E-state index in [2.05, 4.69) is 4.74 Å². The predicted octanol–water partition coefficient (Wildman–Crippen LogP) is 0.598. The monoisotopic (exact) mass is 318 g/mol. The molecule has 0 aromatic heterocycles. The van der Waals surface area contributed by atoms with E-state index in [9.17, 15) is 13.2 Å². The topological polar surface area (TPSA) is 88.1 Å². The predicted molar refractivity (Wildman–Crippen MR) is 73.2 cm³/mol. The molecule has 0 N–H and O–H groups in total. The summed E-state index contributed by atoms with van der Waals surface area (Å²) < 4.78 is 42.7. The Bertz CT molecular complexity index is 513. The average Bonchev–Trinajstić information content (AvgIpc) is 2.50. The van der Waals surface area contributed by atoms with E-state index in [-0.39, 0.29) is 37.9 Å². The summed E-state index contributed by atoms with van der Waals surface area (Å²) in [6, 6.07) is 7.86. The molecule has 0 saturated carbocycles. The lowest BCUT2D eigenvalue weighted by Gasteiger charge is -2.07. The Morgan fingerprint density at radius 1 is 1.00 bits per heavy atom. The highest BCUT2D eigenvalue weighted by Gasteiger charge is 2.13. The zero-order chi connectivity index (χ0) is 15.6. The van der Waals surface area contributed by atoms with E-state index >= 15 is 0 Å². The highest BCUT2D eigenvalue weighted by Crippen LogP contribution is 2.10. The molecule has 7 nitrogen and oxygen atoms in total. The van der Waals surface area contributed by atoms with Gasteiger partial charge in [0, 0.05) is 0 Å². The van der Waals surface area contributed by atoms with Crippen molar-refractivity contribution in [1.82, 2.24) is 0 Å². The summed E-state index contributed by atoms with van der Waals surface area (Å²) in [5.41, 5.74) is 0. The molecule has 0 aliphatic heterocycles. The van der Waals surface area contributed by atoms with Crippen LogP contribution in [0.4, 0.5) is 0 Å². The largest absolute Gasteiger partial charge is 0.467 e. The van der Waals surface area contributed by atoms with Crippen LogP contribution >= 0.6 is 0 Å². The van der Waals surface area contributed by atoms with E-state index in [1.165, 1.54) is 19.2 Å². The minimum absolute atomic E-state index is 0.0891. The molecule has 0 heterocycles. The second-order valence-corrected chi connectivity index (χ2v) is 5.45. The highest BCUT2D eigenvalue weighted by molar-refractivity contribution is 7.86. The van der Waals surface area contributed by atoms with Crippen LogP contribution in [-0.4, -0.2) is 54.5 Å². The van der Waals surface area contributed by atoms with Crippen LogP contribution in [0.1, 0.15) is 0 Å². The second kappa shape index (κ2) is 9.46. The third kappa shape index (κ3) is 7.19. The number of rotatable bonds is 10. The first kappa shape index (κ1) is 17.6. The third-order valence-corrected chi connectivity index (χ3v) is 3.64. The van der Waals surface area contributed by atoms with Gasteiger partial charge in [-0.2, -0.15) is 8.42 Å². The molecule has 0 spiro atoms. The quantitative estimate of drug-likeness (QED) is 0.354. The molecular formula is C13H18O7S. The van der Waals surface area contributed by atoms with Crippen molar-refractivity contribution < 1.29 is 31.6 Å². The van der Waals surface area contributed by atoms with Gasteiger partial charge in [-0.05, 0) is 12.1 Å². The fourth-order valence-electron chi connectivity index (χ4n) is 1.29. The number of hydrogen-bond acceptors (Lipinski definition) is 7. The minimum atomic E-state index is -3.74. The van der Waals surface area contributed by atoms with Crippen molar-refractivity contribution in [2.24, 2.45) is 0 Å². The van der Waals surface area contributed by atoms with Gasteiger partial charge < -0.3 is 14.2 Å². The van der Waals surface area contributed by atoms with Crippen molar-refractivity contribution in [1.29, 1.82) is 0 Å². The summed E-state index contributed by atoms with van der Waals surface area (Å²) in [7, 11) is -2.47. The first-order valence-corrected chi connectivity index (χ1v) is 7.64. The zero-order valence-corrected chi connectivity index (χ0v) is 12.5. The van der Waals surface area contributed by atoms with Gasteiger partial charge in [0.1, 0.15) is 6.61 Å². The molecule has 0 aliphatic rings. The van der Waals surface area contributed by atoms with Crippen LogP contribution in [0, 0.1) is 0 Å². The number of hydrogen-bond donors (Lipinski definition) is 0. The molecule has 118 valence electrons. The van der Waals surface area contributed by atoms with Gasteiger partial charge in [0.2, 0.25) is 0 Å². The van der Waals surface area contributed by atoms with Crippen molar-refractivity contribution in [2.75, 3.05) is 40.1 Å². The van der Waals surface area contributed by atoms with Crippen LogP contribution in [0.25, 0.3) is 0 Å². The van der Waals surface area contributed by atoms with Crippen molar-refractivity contribution in [3.05, 3.63) is 30.3 Å². The number of ether oxygens (including phenoxy) is 3. The lowest BCUT2D eigenvalue weighted by Crippen LogP contribution is -2.15. The molecule has 0 saturated heterocycles. The molecule has 1 aromatic rings. The standard InChI is InChI=1S/C13H18O7S/c1-17-13(14)11-19-8-7-18-9-10-20-21(15,16)12-5-3-2-4-6-12/h2-6H,7-11H2,1H3. The lowest BCUT2D eigenvalue weighted by atomic mass is 10.4. The van der Waals surface area contributed by atoms with Crippen LogP contribution in [0.5, 0.6) is 0 Å². The number of esters is 1. The van der Waals surface area contributed by atoms with Gasteiger partial charge in [-0.3, -0.25) is 4.18 Å². The molecule has 1 rings (SSSR count). The van der Waals surface area contributed by atoms with Crippen molar-refractivity contribution in [2.45, 2.75) is 4.90 Å². The molecular weight excluding hydrogens is 300 g/mol. The van der Waals surface area contributed by atoms with Crippen molar-refractivity contribution in [3.8, 4) is 0 Å². The second-order valence-electron chi connectivity index (χ2n) is 3.83. The van der Waals surface area contributed by atoms with Gasteiger partial charge in [-0.1, -0.05) is 18.2 Å². The average molecular weight is 318 g/mol. The summed E-state index contributed by atoms with van der Waals surface area (Å²) in [4.78, 5) is 10.8. The van der Waals surface area contributed by atoms with E-state index in [1.807, 2.05) is 0 Å². The Morgan fingerprint density at radius 3 is 2.29 bits per heavy atom. The van der Waals surface area contributed by atoms with E-state index < -0.39 is 16.1 Å². The molecule has 0 radical (unpaired) electrons. The van der Waals surface area contributed by atoms with E-state index in [0.29, 0.717) is 0 Å². The number of carbonyl (C=O) groups excluding carboxylic acids is 1. The van der Waals surface area contributed by atoms with Gasteiger partial charge in [0.25, 0.3) is 10.1 Å². The minimum Gasteiger partial charge on any atom is -0.467 e. The Hall–Kier alpha value is -1.48. The van der Waals surface area contributed by atoms with Gasteiger partial charge >= 0.3 is 5.97 Å². The fraction of sp³-hybridized carbons (Fsp3) is 0.462. The van der Waals surface area contributed by atoms with E-state index in [1.54, 1.807) is 18.2 Å². The molecule has 0 aliphatic carbocycles. The molecule has 0 bridgehead atoms. The maximum absolute atomic E-state index is 11.7. The van der Waals surface area contributed by atoms with Crippen LogP contribution in [0.2, 0.25) is 0 Å². The van der Waals surface area contributed by atoms with Crippen molar-refractivity contribution in [3.63, 3.8) is 0 Å². The molecule has 8 heteroatoms. The first-order valence-electron chi connectivity index (χ1n) is 6.23. The summed E-state index contributed by atoms with van der Waals surface area (Å²) in [5, 5.41) is 0. The van der Waals surface area contributed by atoms with E-state index in [4.69, 9.17) is 13.7 Å². The maximum atomic E-state index is 11.7. The molecule has 0 atom stereocenters.